The topological polar surface area (TPSA) is 56.5 Å². The molecule has 0 aromatic carbocycles. The number of ether oxygens (including phenoxy) is 2. The Balaban J connectivity index is 0.00000289. The maximum absolute atomic E-state index is 11.7. The first-order valence-corrected chi connectivity index (χ1v) is 5.44. The summed E-state index contributed by atoms with van der Waals surface area (Å²) in [5.74, 6) is -1.05. The number of halogens is 1. The van der Waals surface area contributed by atoms with Crippen LogP contribution in [0.3, 0.4) is 0 Å². The lowest BCUT2D eigenvalue weighted by molar-refractivity contribution is -0.674. The van der Waals surface area contributed by atoms with Gasteiger partial charge in [-0.3, -0.25) is 0 Å². The lowest BCUT2D eigenvalue weighted by atomic mass is 10.2. The Morgan fingerprint density at radius 3 is 2.28 bits per heavy atom. The summed E-state index contributed by atoms with van der Waals surface area (Å²) in [5.41, 5.74) is 0.420. The molecule has 0 aliphatic rings. The van der Waals surface area contributed by atoms with Crippen molar-refractivity contribution >= 4 is 11.9 Å². The molecule has 0 radical (unpaired) electrons. The molecule has 0 bridgehead atoms. The zero-order chi connectivity index (χ0) is 12.8. The van der Waals surface area contributed by atoms with Gasteiger partial charge in [0.05, 0.1) is 13.2 Å². The summed E-state index contributed by atoms with van der Waals surface area (Å²) in [4.78, 5) is 23.4. The van der Waals surface area contributed by atoms with Crippen LogP contribution in [0.2, 0.25) is 0 Å². The molecular weight excluding hydrogens is 302 g/mol. The first-order chi connectivity index (χ1) is 8.11. The summed E-state index contributed by atoms with van der Waals surface area (Å²) in [5, 5.41) is 0. The number of esters is 2. The largest absolute Gasteiger partial charge is 1.00 e. The number of pyridine rings is 1. The third-order valence-electron chi connectivity index (χ3n) is 2.14. The van der Waals surface area contributed by atoms with Gasteiger partial charge in [0.15, 0.2) is 6.20 Å². The second-order valence-electron chi connectivity index (χ2n) is 3.32. The van der Waals surface area contributed by atoms with Crippen LogP contribution in [0.25, 0.3) is 0 Å². The zero-order valence-corrected chi connectivity index (χ0v) is 12.2. The van der Waals surface area contributed by atoms with Gasteiger partial charge in [-0.25, -0.2) is 9.59 Å². The van der Waals surface area contributed by atoms with E-state index in [-0.39, 0.29) is 41.5 Å². The van der Waals surface area contributed by atoms with Crippen LogP contribution in [0.1, 0.15) is 34.7 Å². The van der Waals surface area contributed by atoms with Gasteiger partial charge in [-0.1, -0.05) is 0 Å². The highest BCUT2D eigenvalue weighted by atomic mass is 79.9. The molecule has 0 atom stereocenters. The molecule has 0 fully saturated rings. The molecule has 0 aliphatic heterocycles. The Labute approximate surface area is 116 Å². The molecular formula is C12H16BrNO4. The third kappa shape index (κ3) is 3.80. The van der Waals surface area contributed by atoms with Crippen LogP contribution in [0.15, 0.2) is 18.3 Å². The van der Waals surface area contributed by atoms with Gasteiger partial charge in [0.1, 0.15) is 12.6 Å². The molecule has 0 spiro atoms. The average Bonchev–Trinajstić information content (AvgIpc) is 2.29. The molecule has 0 aliphatic carbocycles. The molecule has 5 nitrogen and oxygen atoms in total. The third-order valence-corrected chi connectivity index (χ3v) is 2.14. The Hall–Kier alpha value is -1.43. The number of hydrogen-bond donors (Lipinski definition) is 0. The lowest BCUT2D eigenvalue weighted by Gasteiger charge is -2.05. The minimum atomic E-state index is -0.529. The van der Waals surface area contributed by atoms with Crippen LogP contribution >= 0.6 is 0 Å². The quantitative estimate of drug-likeness (QED) is 0.470. The molecule has 1 aromatic heterocycles. The summed E-state index contributed by atoms with van der Waals surface area (Å²) >= 11 is 0. The van der Waals surface area contributed by atoms with E-state index in [1.54, 1.807) is 43.8 Å². The van der Waals surface area contributed by atoms with Crippen LogP contribution in [0.4, 0.5) is 0 Å². The lowest BCUT2D eigenvalue weighted by Crippen LogP contribution is -3.00. The fraction of sp³-hybridized carbons (Fsp3) is 0.417. The van der Waals surface area contributed by atoms with Crippen molar-refractivity contribution in [3.05, 3.63) is 29.6 Å². The average molecular weight is 318 g/mol. The Bertz CT molecular complexity index is 434. The van der Waals surface area contributed by atoms with Gasteiger partial charge in [-0.15, -0.1) is 0 Å². The maximum Gasteiger partial charge on any atom is 0.404 e. The van der Waals surface area contributed by atoms with Crippen molar-refractivity contribution in [2.75, 3.05) is 13.2 Å². The van der Waals surface area contributed by atoms with Crippen molar-refractivity contribution in [3.63, 3.8) is 0 Å². The second-order valence-corrected chi connectivity index (χ2v) is 3.32. The molecule has 0 N–H and O–H groups in total. The maximum atomic E-state index is 11.7. The Morgan fingerprint density at radius 2 is 1.72 bits per heavy atom. The van der Waals surface area contributed by atoms with Crippen molar-refractivity contribution in [2.45, 2.75) is 13.8 Å². The number of aryl methyl sites for hydroxylation is 1. The number of nitrogens with zero attached hydrogens (tertiary/aromatic N) is 1. The second kappa shape index (κ2) is 7.81. The number of hydrogen-bond acceptors (Lipinski definition) is 4. The van der Waals surface area contributed by atoms with Gasteiger partial charge in [0.2, 0.25) is 0 Å². The van der Waals surface area contributed by atoms with Gasteiger partial charge in [0, 0.05) is 6.07 Å². The van der Waals surface area contributed by atoms with Crippen molar-refractivity contribution in [1.29, 1.82) is 0 Å². The predicted octanol–water partition coefficient (Wildman–Crippen LogP) is -2.13. The molecule has 1 aromatic rings. The summed E-state index contributed by atoms with van der Waals surface area (Å²) < 4.78 is 11.3. The van der Waals surface area contributed by atoms with E-state index < -0.39 is 11.9 Å². The smallest absolute Gasteiger partial charge is 0.404 e. The van der Waals surface area contributed by atoms with E-state index in [1.807, 2.05) is 0 Å². The van der Waals surface area contributed by atoms with Crippen LogP contribution in [-0.2, 0) is 16.5 Å². The summed E-state index contributed by atoms with van der Waals surface area (Å²) in [7, 11) is 1.68. The summed E-state index contributed by atoms with van der Waals surface area (Å²) in [6, 6.07) is 3.22. The van der Waals surface area contributed by atoms with Crippen molar-refractivity contribution < 1.29 is 40.6 Å². The van der Waals surface area contributed by atoms with E-state index in [1.165, 1.54) is 0 Å². The molecule has 6 heteroatoms. The summed E-state index contributed by atoms with van der Waals surface area (Å²) in [6.45, 7) is 3.95. The molecule has 100 valence electrons. The van der Waals surface area contributed by atoms with E-state index >= 15 is 0 Å². The van der Waals surface area contributed by atoms with Gasteiger partial charge in [-0.2, -0.15) is 4.57 Å². The highest BCUT2D eigenvalue weighted by molar-refractivity contribution is 6.00. The SMILES string of the molecule is CCOC(=O)c1ccc[n+](C)c1C(=O)OCC.[Br-]. The van der Waals surface area contributed by atoms with Gasteiger partial charge < -0.3 is 26.5 Å². The highest BCUT2D eigenvalue weighted by Crippen LogP contribution is 2.07. The van der Waals surface area contributed by atoms with E-state index in [2.05, 4.69) is 0 Å². The predicted molar refractivity (Wildman–Crippen MR) is 59.5 cm³/mol. The van der Waals surface area contributed by atoms with Gasteiger partial charge >= 0.3 is 17.6 Å². The van der Waals surface area contributed by atoms with E-state index in [9.17, 15) is 9.59 Å². The molecule has 1 rings (SSSR count). The van der Waals surface area contributed by atoms with Crippen LogP contribution < -0.4 is 21.5 Å². The van der Waals surface area contributed by atoms with E-state index in [4.69, 9.17) is 9.47 Å². The van der Waals surface area contributed by atoms with E-state index in [0.717, 1.165) is 0 Å². The first-order valence-electron chi connectivity index (χ1n) is 5.44. The number of carbonyl (C=O) groups is 2. The summed E-state index contributed by atoms with van der Waals surface area (Å²) in [6.07, 6.45) is 1.68. The minimum Gasteiger partial charge on any atom is -1.00 e. The van der Waals surface area contributed by atoms with Crippen LogP contribution in [0, 0.1) is 0 Å². The minimum absolute atomic E-state index is 0. The fourth-order valence-electron chi connectivity index (χ4n) is 1.44. The highest BCUT2D eigenvalue weighted by Gasteiger charge is 2.28. The molecule has 0 saturated heterocycles. The van der Waals surface area contributed by atoms with Crippen molar-refractivity contribution in [1.82, 2.24) is 0 Å². The normalized spacial score (nSPS) is 9.28. The Kier molecular flexibility index (Phi) is 7.19. The van der Waals surface area contributed by atoms with Crippen LogP contribution in [0.5, 0.6) is 0 Å². The first kappa shape index (κ1) is 16.6. The zero-order valence-electron chi connectivity index (χ0n) is 10.6. The number of aromatic nitrogens is 1. The molecule has 0 saturated carbocycles. The molecule has 0 unspecified atom stereocenters. The fourth-order valence-corrected chi connectivity index (χ4v) is 1.44. The van der Waals surface area contributed by atoms with Gasteiger partial charge in [-0.05, 0) is 19.9 Å². The number of carbonyl (C=O) groups excluding carboxylic acids is 2. The van der Waals surface area contributed by atoms with E-state index in [0.29, 0.717) is 0 Å². The Morgan fingerprint density at radius 1 is 1.17 bits per heavy atom. The standard InChI is InChI=1S/C12H16NO4.BrH/c1-4-16-11(14)9-7-6-8-13(3)10(9)12(15)17-5-2;/h6-8H,4-5H2,1-3H3;1H/q+1;/p-1. The van der Waals surface area contributed by atoms with Crippen molar-refractivity contribution in [3.8, 4) is 0 Å². The number of rotatable bonds is 4. The van der Waals surface area contributed by atoms with Gasteiger partial charge in [0.25, 0.3) is 0 Å². The monoisotopic (exact) mass is 317 g/mol. The van der Waals surface area contributed by atoms with Crippen molar-refractivity contribution in [2.24, 2.45) is 7.05 Å². The molecule has 1 heterocycles. The van der Waals surface area contributed by atoms with Crippen LogP contribution in [-0.4, -0.2) is 25.2 Å². The molecule has 18 heavy (non-hydrogen) atoms. The molecule has 0 amide bonds.